The van der Waals surface area contributed by atoms with E-state index in [9.17, 15) is 22.8 Å². The van der Waals surface area contributed by atoms with Gasteiger partial charge in [-0.25, -0.2) is 13.4 Å². The monoisotopic (exact) mass is 580 g/mol. The van der Waals surface area contributed by atoms with E-state index in [1.807, 2.05) is 29.6 Å². The second kappa shape index (κ2) is 10.9. The molecule has 4 heterocycles. The van der Waals surface area contributed by atoms with E-state index in [4.69, 9.17) is 0 Å². The van der Waals surface area contributed by atoms with Crippen LogP contribution in [-0.4, -0.2) is 71.4 Å². The van der Waals surface area contributed by atoms with Crippen LogP contribution >= 0.6 is 11.3 Å². The lowest BCUT2D eigenvalue weighted by Crippen LogP contribution is -2.53. The number of likely N-dealkylation sites (tertiary alicyclic amines) is 1. The number of nitrogens with zero attached hydrogens (tertiary/aromatic N) is 3. The summed E-state index contributed by atoms with van der Waals surface area (Å²) < 4.78 is 27.7. The molecule has 3 unspecified atom stereocenters. The van der Waals surface area contributed by atoms with Crippen LogP contribution < -0.4 is 5.32 Å². The molecule has 9 nitrogen and oxygen atoms in total. The highest BCUT2D eigenvalue weighted by molar-refractivity contribution is 7.89. The maximum atomic E-state index is 13.9. The molecule has 0 spiro atoms. The van der Waals surface area contributed by atoms with E-state index in [1.54, 1.807) is 24.3 Å². The Hall–Kier alpha value is -3.41. The molecule has 210 valence electrons. The summed E-state index contributed by atoms with van der Waals surface area (Å²) in [7, 11) is -4.01. The van der Waals surface area contributed by atoms with Gasteiger partial charge >= 0.3 is 0 Å². The zero-order valence-corrected chi connectivity index (χ0v) is 24.2. The maximum Gasteiger partial charge on any atom is 0.261 e. The Morgan fingerprint density at radius 2 is 1.85 bits per heavy atom. The second-order valence-corrected chi connectivity index (χ2v) is 14.0. The van der Waals surface area contributed by atoms with Crippen LogP contribution in [0.2, 0.25) is 0 Å². The van der Waals surface area contributed by atoms with Crippen molar-refractivity contribution in [1.29, 1.82) is 0 Å². The van der Waals surface area contributed by atoms with Crippen LogP contribution in [0.4, 0.5) is 0 Å². The lowest BCUT2D eigenvalue weighted by atomic mass is 9.86. The molecular weight excluding hydrogens is 548 g/mol. The number of hydrogen-bond acceptors (Lipinski definition) is 7. The number of fused-ring (bicyclic) bond motifs is 1. The third-order valence-corrected chi connectivity index (χ3v) is 10.2. The zero-order valence-electron chi connectivity index (χ0n) is 22.6. The fourth-order valence-electron chi connectivity index (χ4n) is 5.35. The summed E-state index contributed by atoms with van der Waals surface area (Å²) in [5, 5.41) is 4.66. The number of rotatable bonds is 7. The van der Waals surface area contributed by atoms with Crippen LogP contribution in [0.3, 0.4) is 0 Å². The average molecular weight is 581 g/mol. The fourth-order valence-corrected chi connectivity index (χ4v) is 7.67. The highest BCUT2D eigenvalue weighted by Gasteiger charge is 2.54. The van der Waals surface area contributed by atoms with Crippen molar-refractivity contribution in [3.63, 3.8) is 0 Å². The first-order chi connectivity index (χ1) is 19.0. The van der Waals surface area contributed by atoms with Crippen LogP contribution in [0.1, 0.15) is 48.0 Å². The molecule has 0 aliphatic carbocycles. The molecule has 40 heavy (non-hydrogen) atoms. The van der Waals surface area contributed by atoms with Gasteiger partial charge in [0.2, 0.25) is 5.91 Å². The van der Waals surface area contributed by atoms with E-state index in [-0.39, 0.29) is 41.6 Å². The quantitative estimate of drug-likeness (QED) is 0.459. The third-order valence-electron chi connectivity index (χ3n) is 7.47. The van der Waals surface area contributed by atoms with Crippen molar-refractivity contribution in [2.45, 2.75) is 62.2 Å². The van der Waals surface area contributed by atoms with Crippen molar-refractivity contribution in [3.8, 4) is 0 Å². The summed E-state index contributed by atoms with van der Waals surface area (Å²) in [5.74, 6) is -1.12. The number of amides is 2. The normalized spacial score (nSPS) is 20.4. The third kappa shape index (κ3) is 5.45. The Morgan fingerprint density at radius 1 is 1.10 bits per heavy atom. The van der Waals surface area contributed by atoms with E-state index in [0.717, 1.165) is 10.4 Å². The molecule has 2 aliphatic heterocycles. The van der Waals surface area contributed by atoms with Gasteiger partial charge in [-0.2, -0.15) is 4.31 Å². The SMILES string of the molecule is CC(C)(C)c1ccc(C(=O)NC(Cc2cccs2)C(=O)N2CCC3C2C(=O)CN3S(=O)(=O)c2ccccn2)cc1. The minimum atomic E-state index is -4.01. The first-order valence-electron chi connectivity index (χ1n) is 13.2. The summed E-state index contributed by atoms with van der Waals surface area (Å²) in [6.07, 6.45) is 1.98. The van der Waals surface area contributed by atoms with E-state index in [2.05, 4.69) is 31.1 Å². The van der Waals surface area contributed by atoms with Crippen molar-refractivity contribution in [2.75, 3.05) is 13.1 Å². The Bertz CT molecular complexity index is 1500. The van der Waals surface area contributed by atoms with Gasteiger partial charge < -0.3 is 10.2 Å². The number of pyridine rings is 1. The maximum absolute atomic E-state index is 13.9. The Morgan fingerprint density at radius 3 is 2.48 bits per heavy atom. The van der Waals surface area contributed by atoms with Gasteiger partial charge in [-0.3, -0.25) is 14.4 Å². The second-order valence-electron chi connectivity index (χ2n) is 11.2. The van der Waals surface area contributed by atoms with E-state index in [0.29, 0.717) is 12.0 Å². The van der Waals surface area contributed by atoms with Crippen molar-refractivity contribution in [1.82, 2.24) is 19.5 Å². The number of sulfonamides is 1. The van der Waals surface area contributed by atoms with Crippen molar-refractivity contribution in [3.05, 3.63) is 82.2 Å². The predicted molar refractivity (Wildman–Crippen MR) is 151 cm³/mol. The van der Waals surface area contributed by atoms with Crippen LogP contribution in [0.15, 0.2) is 71.2 Å². The zero-order chi connectivity index (χ0) is 28.7. The van der Waals surface area contributed by atoms with Crippen molar-refractivity contribution >= 4 is 39.0 Å². The molecule has 2 saturated heterocycles. The molecule has 2 aliphatic rings. The molecule has 3 aromatic rings. The van der Waals surface area contributed by atoms with E-state index in [1.165, 1.54) is 32.8 Å². The van der Waals surface area contributed by atoms with Gasteiger partial charge in [0.05, 0.1) is 12.6 Å². The van der Waals surface area contributed by atoms with Crippen LogP contribution in [0.5, 0.6) is 0 Å². The first kappa shape index (κ1) is 28.1. The molecule has 1 N–H and O–H groups in total. The summed E-state index contributed by atoms with van der Waals surface area (Å²) in [5.41, 5.74) is 1.45. The summed E-state index contributed by atoms with van der Waals surface area (Å²) in [6, 6.07) is 13.2. The Kier molecular flexibility index (Phi) is 7.64. The van der Waals surface area contributed by atoms with E-state index >= 15 is 0 Å². The number of carbonyl (C=O) groups excluding carboxylic acids is 3. The minimum absolute atomic E-state index is 0.0648. The number of benzene rings is 1. The van der Waals surface area contributed by atoms with Gasteiger partial charge in [-0.15, -0.1) is 11.3 Å². The number of nitrogens with one attached hydrogen (secondary N) is 1. The van der Waals surface area contributed by atoms with Crippen LogP contribution in [0, 0.1) is 0 Å². The molecule has 3 atom stereocenters. The lowest BCUT2D eigenvalue weighted by molar-refractivity contribution is -0.138. The number of Topliss-reactive ketones (excluding diaryl/α,β-unsaturated/α-hetero) is 1. The lowest BCUT2D eigenvalue weighted by Gasteiger charge is -2.28. The Balaban J connectivity index is 1.37. The van der Waals surface area contributed by atoms with Gasteiger partial charge in [0.1, 0.15) is 12.1 Å². The molecule has 0 radical (unpaired) electrons. The van der Waals surface area contributed by atoms with Gasteiger partial charge in [0.15, 0.2) is 10.8 Å². The van der Waals surface area contributed by atoms with Crippen LogP contribution in [0.25, 0.3) is 0 Å². The largest absolute Gasteiger partial charge is 0.340 e. The van der Waals surface area contributed by atoms with Crippen molar-refractivity contribution in [2.24, 2.45) is 0 Å². The van der Waals surface area contributed by atoms with Gasteiger partial charge in [-0.05, 0) is 53.1 Å². The van der Waals surface area contributed by atoms with Gasteiger partial charge in [-0.1, -0.05) is 45.0 Å². The number of carbonyl (C=O) groups is 3. The molecule has 11 heteroatoms. The standard InChI is InChI=1S/C29H32N4O5S2/c1-29(2,3)20-11-9-19(10-12-20)27(35)31-22(17-21-7-6-16-39-21)28(36)32-15-13-23-26(32)24(34)18-33(23)40(37,38)25-8-4-5-14-30-25/h4-12,14,16,22-23,26H,13,15,17-18H2,1-3H3,(H,31,35). The molecule has 1 aromatic carbocycles. The average Bonchev–Trinajstić information content (AvgIpc) is 3.67. The summed E-state index contributed by atoms with van der Waals surface area (Å²) in [6.45, 7) is 6.17. The fraction of sp³-hybridized carbons (Fsp3) is 0.379. The smallest absolute Gasteiger partial charge is 0.261 e. The highest BCUT2D eigenvalue weighted by Crippen LogP contribution is 2.34. The van der Waals surface area contributed by atoms with Gasteiger partial charge in [0.25, 0.3) is 15.9 Å². The van der Waals surface area contributed by atoms with Crippen LogP contribution in [-0.2, 0) is 31.4 Å². The predicted octanol–water partition coefficient (Wildman–Crippen LogP) is 3.02. The number of aromatic nitrogens is 1. The van der Waals surface area contributed by atoms with E-state index < -0.39 is 34.1 Å². The summed E-state index contributed by atoms with van der Waals surface area (Å²) in [4.78, 5) is 46.7. The number of thiophene rings is 1. The summed E-state index contributed by atoms with van der Waals surface area (Å²) >= 11 is 1.48. The van der Waals surface area contributed by atoms with Crippen molar-refractivity contribution < 1.29 is 22.8 Å². The van der Waals surface area contributed by atoms with Gasteiger partial charge in [0, 0.05) is 29.6 Å². The minimum Gasteiger partial charge on any atom is -0.340 e. The number of hydrogen-bond donors (Lipinski definition) is 1. The topological polar surface area (TPSA) is 117 Å². The molecule has 2 aromatic heterocycles. The highest BCUT2D eigenvalue weighted by atomic mass is 32.2. The molecule has 2 fully saturated rings. The molecular formula is C29H32N4O5S2. The molecule has 2 amide bonds. The first-order valence-corrected chi connectivity index (χ1v) is 15.5. The Labute approximate surface area is 238 Å². The molecule has 0 saturated carbocycles. The molecule has 5 rings (SSSR count). The number of ketones is 1. The molecule has 0 bridgehead atoms.